The van der Waals surface area contributed by atoms with Crippen LogP contribution in [0.15, 0.2) is 39.5 Å². The molecule has 0 bridgehead atoms. The molecule has 0 saturated carbocycles. The molecule has 0 spiro atoms. The van der Waals surface area contributed by atoms with Crippen molar-refractivity contribution in [1.82, 2.24) is 5.43 Å². The predicted molar refractivity (Wildman–Crippen MR) is 67.6 cm³/mol. The standard InChI is InChI=1S/C11H10BrFN2S/c12-8-1-2-9(10(13)5-8)11(15-14)7-3-4-16-6-7/h1-6,11,15H,14H2. The van der Waals surface area contributed by atoms with Crippen LogP contribution in [-0.4, -0.2) is 0 Å². The zero-order valence-electron chi connectivity index (χ0n) is 8.28. The Bertz CT molecular complexity index is 473. The SMILES string of the molecule is NNC(c1ccsc1)c1ccc(Br)cc1F. The van der Waals surface area contributed by atoms with Gasteiger partial charge in [-0.1, -0.05) is 22.0 Å². The lowest BCUT2D eigenvalue weighted by molar-refractivity contribution is 0.560. The third-order valence-electron chi connectivity index (χ3n) is 2.32. The number of nitrogens with one attached hydrogen (secondary N) is 1. The number of hydrogen-bond acceptors (Lipinski definition) is 3. The average molecular weight is 301 g/mol. The van der Waals surface area contributed by atoms with Crippen molar-refractivity contribution in [2.24, 2.45) is 5.84 Å². The number of hydrogen-bond donors (Lipinski definition) is 2. The van der Waals surface area contributed by atoms with E-state index in [4.69, 9.17) is 5.84 Å². The average Bonchev–Trinajstić information content (AvgIpc) is 2.75. The Hall–Kier alpha value is -0.750. The van der Waals surface area contributed by atoms with E-state index in [1.54, 1.807) is 23.5 Å². The molecule has 2 nitrogen and oxygen atoms in total. The summed E-state index contributed by atoms with van der Waals surface area (Å²) < 4.78 is 14.5. The first-order valence-corrected chi connectivity index (χ1v) is 6.39. The molecule has 0 amide bonds. The fourth-order valence-electron chi connectivity index (χ4n) is 1.54. The van der Waals surface area contributed by atoms with Crippen LogP contribution >= 0.6 is 27.3 Å². The second-order valence-electron chi connectivity index (χ2n) is 3.32. The number of nitrogens with two attached hydrogens (primary N) is 1. The summed E-state index contributed by atoms with van der Waals surface area (Å²) in [4.78, 5) is 0. The highest BCUT2D eigenvalue weighted by Gasteiger charge is 2.16. The summed E-state index contributed by atoms with van der Waals surface area (Å²) in [5.41, 5.74) is 4.14. The minimum absolute atomic E-state index is 0.275. The Morgan fingerprint density at radius 1 is 1.38 bits per heavy atom. The van der Waals surface area contributed by atoms with Crippen LogP contribution in [0.3, 0.4) is 0 Å². The molecule has 0 aliphatic carbocycles. The molecule has 0 saturated heterocycles. The number of halogens is 2. The van der Waals surface area contributed by atoms with Gasteiger partial charge in [0.15, 0.2) is 0 Å². The van der Waals surface area contributed by atoms with E-state index in [-0.39, 0.29) is 11.9 Å². The lowest BCUT2D eigenvalue weighted by Crippen LogP contribution is -2.29. The molecule has 2 aromatic rings. The molecule has 1 heterocycles. The van der Waals surface area contributed by atoms with Gasteiger partial charge >= 0.3 is 0 Å². The Kier molecular flexibility index (Phi) is 3.70. The molecular formula is C11H10BrFN2S. The van der Waals surface area contributed by atoms with Gasteiger partial charge in [-0.3, -0.25) is 5.84 Å². The molecule has 84 valence electrons. The highest BCUT2D eigenvalue weighted by Crippen LogP contribution is 2.27. The molecule has 16 heavy (non-hydrogen) atoms. The van der Waals surface area contributed by atoms with E-state index in [9.17, 15) is 4.39 Å². The van der Waals surface area contributed by atoms with Crippen molar-refractivity contribution in [1.29, 1.82) is 0 Å². The molecular weight excluding hydrogens is 291 g/mol. The smallest absolute Gasteiger partial charge is 0.129 e. The van der Waals surface area contributed by atoms with Gasteiger partial charge in [-0.25, -0.2) is 9.82 Å². The molecule has 1 aromatic carbocycles. The van der Waals surface area contributed by atoms with Crippen LogP contribution in [0.2, 0.25) is 0 Å². The summed E-state index contributed by atoms with van der Waals surface area (Å²) >= 11 is 4.79. The molecule has 2 rings (SSSR count). The third kappa shape index (κ3) is 2.32. The lowest BCUT2D eigenvalue weighted by atomic mass is 10.0. The van der Waals surface area contributed by atoms with Crippen molar-refractivity contribution in [3.8, 4) is 0 Å². The number of benzene rings is 1. The van der Waals surface area contributed by atoms with E-state index in [0.717, 1.165) is 10.0 Å². The van der Waals surface area contributed by atoms with Crippen molar-refractivity contribution < 1.29 is 4.39 Å². The lowest BCUT2D eigenvalue weighted by Gasteiger charge is -2.16. The minimum Gasteiger partial charge on any atom is -0.271 e. The van der Waals surface area contributed by atoms with Crippen molar-refractivity contribution in [2.75, 3.05) is 0 Å². The maximum absolute atomic E-state index is 13.8. The summed E-state index contributed by atoms with van der Waals surface area (Å²) in [6, 6.07) is 6.58. The second-order valence-corrected chi connectivity index (χ2v) is 5.02. The molecule has 3 N–H and O–H groups in total. The van der Waals surface area contributed by atoms with E-state index in [2.05, 4.69) is 21.4 Å². The summed E-state index contributed by atoms with van der Waals surface area (Å²) in [6.07, 6.45) is 0. The largest absolute Gasteiger partial charge is 0.271 e. The molecule has 0 fully saturated rings. The number of hydrazine groups is 1. The fraction of sp³-hybridized carbons (Fsp3) is 0.0909. The first kappa shape index (κ1) is 11.7. The monoisotopic (exact) mass is 300 g/mol. The predicted octanol–water partition coefficient (Wildman–Crippen LogP) is 3.20. The van der Waals surface area contributed by atoms with Gasteiger partial charge in [0.25, 0.3) is 0 Å². The Morgan fingerprint density at radius 3 is 2.75 bits per heavy atom. The molecule has 5 heteroatoms. The first-order chi connectivity index (χ1) is 7.72. The maximum atomic E-state index is 13.8. The fourth-order valence-corrected chi connectivity index (χ4v) is 2.56. The molecule has 0 aliphatic heterocycles. The van der Waals surface area contributed by atoms with E-state index in [1.807, 2.05) is 16.8 Å². The quantitative estimate of drug-likeness (QED) is 0.675. The van der Waals surface area contributed by atoms with E-state index >= 15 is 0 Å². The van der Waals surface area contributed by atoms with Crippen LogP contribution in [0.4, 0.5) is 4.39 Å². The Morgan fingerprint density at radius 2 is 2.19 bits per heavy atom. The van der Waals surface area contributed by atoms with Gasteiger partial charge < -0.3 is 0 Å². The van der Waals surface area contributed by atoms with E-state index < -0.39 is 0 Å². The van der Waals surface area contributed by atoms with Crippen LogP contribution in [0.5, 0.6) is 0 Å². The van der Waals surface area contributed by atoms with Gasteiger partial charge in [0, 0.05) is 10.0 Å². The maximum Gasteiger partial charge on any atom is 0.129 e. The normalized spacial score (nSPS) is 12.7. The zero-order valence-corrected chi connectivity index (χ0v) is 10.7. The summed E-state index contributed by atoms with van der Waals surface area (Å²) in [5, 5.41) is 3.89. The molecule has 1 unspecified atom stereocenters. The van der Waals surface area contributed by atoms with E-state index in [0.29, 0.717) is 5.56 Å². The van der Waals surface area contributed by atoms with Gasteiger partial charge in [-0.15, -0.1) is 0 Å². The summed E-state index contributed by atoms with van der Waals surface area (Å²) in [7, 11) is 0. The minimum atomic E-state index is -0.306. The van der Waals surface area contributed by atoms with Crippen molar-refractivity contribution >= 4 is 27.3 Å². The Labute approximate surface area is 105 Å². The van der Waals surface area contributed by atoms with Crippen LogP contribution in [0.25, 0.3) is 0 Å². The van der Waals surface area contributed by atoms with Crippen LogP contribution in [-0.2, 0) is 0 Å². The number of rotatable bonds is 3. The van der Waals surface area contributed by atoms with Gasteiger partial charge in [0.2, 0.25) is 0 Å². The third-order valence-corrected chi connectivity index (χ3v) is 3.51. The van der Waals surface area contributed by atoms with Crippen LogP contribution < -0.4 is 11.3 Å². The van der Waals surface area contributed by atoms with Crippen LogP contribution in [0.1, 0.15) is 17.2 Å². The Balaban J connectivity index is 2.41. The van der Waals surface area contributed by atoms with Gasteiger partial charge in [-0.2, -0.15) is 11.3 Å². The van der Waals surface area contributed by atoms with Crippen molar-refractivity contribution in [2.45, 2.75) is 6.04 Å². The first-order valence-electron chi connectivity index (χ1n) is 4.65. The van der Waals surface area contributed by atoms with E-state index in [1.165, 1.54) is 6.07 Å². The van der Waals surface area contributed by atoms with Gasteiger partial charge in [0.1, 0.15) is 5.82 Å². The zero-order chi connectivity index (χ0) is 11.5. The summed E-state index contributed by atoms with van der Waals surface area (Å²) in [6.45, 7) is 0. The number of thiophene rings is 1. The van der Waals surface area contributed by atoms with Gasteiger partial charge in [0.05, 0.1) is 6.04 Å². The summed E-state index contributed by atoms with van der Waals surface area (Å²) in [5.74, 6) is 5.20. The van der Waals surface area contributed by atoms with Crippen LogP contribution in [0, 0.1) is 5.82 Å². The molecule has 1 atom stereocenters. The highest BCUT2D eigenvalue weighted by atomic mass is 79.9. The topological polar surface area (TPSA) is 38.0 Å². The van der Waals surface area contributed by atoms with Crippen molar-refractivity contribution in [3.05, 3.63) is 56.4 Å². The van der Waals surface area contributed by atoms with Crippen molar-refractivity contribution in [3.63, 3.8) is 0 Å². The highest BCUT2D eigenvalue weighted by molar-refractivity contribution is 9.10. The molecule has 1 aromatic heterocycles. The van der Waals surface area contributed by atoms with Gasteiger partial charge in [-0.05, 0) is 34.5 Å². The molecule has 0 aliphatic rings. The second kappa shape index (κ2) is 5.05. The molecule has 0 radical (unpaired) electrons.